The Morgan fingerprint density at radius 1 is 1.32 bits per heavy atom. The molecule has 0 aliphatic heterocycles. The Bertz CT molecular complexity index is 588. The summed E-state index contributed by atoms with van der Waals surface area (Å²) in [5, 5.41) is 6.13. The minimum absolute atomic E-state index is 0.306. The number of carbonyl (C=O) groups excluding carboxylic acids is 1. The van der Waals surface area contributed by atoms with E-state index >= 15 is 0 Å². The lowest BCUT2D eigenvalue weighted by molar-refractivity contribution is 0.102. The summed E-state index contributed by atoms with van der Waals surface area (Å²) in [4.78, 5) is 20.0. The molecule has 2 rings (SSSR count). The van der Waals surface area contributed by atoms with Crippen molar-refractivity contribution >= 4 is 29.0 Å². The topological polar surface area (TPSA) is 66.9 Å². The Balaban J connectivity index is 2.16. The third-order valence-electron chi connectivity index (χ3n) is 2.36. The van der Waals surface area contributed by atoms with Gasteiger partial charge in [0.2, 0.25) is 0 Å². The first kappa shape index (κ1) is 13.3. The Morgan fingerprint density at radius 3 is 2.89 bits per heavy atom. The van der Waals surface area contributed by atoms with Crippen molar-refractivity contribution in [2.45, 2.75) is 6.92 Å². The van der Waals surface area contributed by atoms with E-state index in [1.165, 1.54) is 0 Å². The summed E-state index contributed by atoms with van der Waals surface area (Å²) < 4.78 is 0. The molecule has 2 N–H and O–H groups in total. The fourth-order valence-electron chi connectivity index (χ4n) is 1.52. The van der Waals surface area contributed by atoms with Crippen molar-refractivity contribution in [3.8, 4) is 0 Å². The van der Waals surface area contributed by atoms with Crippen molar-refractivity contribution in [3.63, 3.8) is 0 Å². The molecular weight excluding hydrogens is 264 g/mol. The largest absolute Gasteiger partial charge is 0.385 e. The number of amides is 1. The molecule has 0 aliphatic carbocycles. The maximum Gasteiger partial charge on any atom is 0.275 e. The highest BCUT2D eigenvalue weighted by Gasteiger charge is 2.10. The van der Waals surface area contributed by atoms with Crippen molar-refractivity contribution in [2.75, 3.05) is 17.2 Å². The Labute approximate surface area is 116 Å². The van der Waals surface area contributed by atoms with E-state index in [0.29, 0.717) is 16.5 Å². The van der Waals surface area contributed by atoms with Crippen molar-refractivity contribution in [1.29, 1.82) is 0 Å². The normalized spacial score (nSPS) is 10.0. The molecule has 0 fully saturated rings. The van der Waals surface area contributed by atoms with E-state index in [4.69, 9.17) is 11.6 Å². The average Bonchev–Trinajstić information content (AvgIpc) is 2.42. The summed E-state index contributed by atoms with van der Waals surface area (Å²) in [5.41, 5.74) is 1.15. The zero-order chi connectivity index (χ0) is 13.7. The van der Waals surface area contributed by atoms with Gasteiger partial charge in [-0.1, -0.05) is 11.6 Å². The highest BCUT2D eigenvalue weighted by molar-refractivity contribution is 6.33. The molecule has 0 aliphatic rings. The van der Waals surface area contributed by atoms with E-state index in [0.717, 1.165) is 12.2 Å². The highest BCUT2D eigenvalue weighted by atomic mass is 35.5. The van der Waals surface area contributed by atoms with E-state index in [-0.39, 0.29) is 5.91 Å². The van der Waals surface area contributed by atoms with E-state index in [2.05, 4.69) is 20.6 Å². The third-order valence-corrected chi connectivity index (χ3v) is 2.67. The van der Waals surface area contributed by atoms with Gasteiger partial charge in [-0.3, -0.25) is 9.78 Å². The number of carbonyl (C=O) groups is 1. The number of hydrogen-bond donors (Lipinski definition) is 2. The number of nitrogens with zero attached hydrogens (tertiary/aromatic N) is 2. The molecule has 0 spiro atoms. The molecule has 0 saturated heterocycles. The smallest absolute Gasteiger partial charge is 0.275 e. The second-order valence-electron chi connectivity index (χ2n) is 3.75. The van der Waals surface area contributed by atoms with Crippen LogP contribution >= 0.6 is 11.6 Å². The number of nitrogens with one attached hydrogen (secondary N) is 2. The molecule has 0 bridgehead atoms. The van der Waals surface area contributed by atoms with E-state index in [1.54, 1.807) is 36.7 Å². The van der Waals surface area contributed by atoms with E-state index in [1.807, 2.05) is 6.92 Å². The molecule has 0 aromatic carbocycles. The van der Waals surface area contributed by atoms with Gasteiger partial charge in [0, 0.05) is 24.6 Å². The van der Waals surface area contributed by atoms with Crippen LogP contribution in [-0.2, 0) is 0 Å². The lowest BCUT2D eigenvalue weighted by Gasteiger charge is -2.07. The second-order valence-corrected chi connectivity index (χ2v) is 4.16. The van der Waals surface area contributed by atoms with Crippen LogP contribution in [0.5, 0.6) is 0 Å². The second kappa shape index (κ2) is 6.15. The van der Waals surface area contributed by atoms with Gasteiger partial charge in [0.05, 0.1) is 5.02 Å². The van der Waals surface area contributed by atoms with E-state index < -0.39 is 0 Å². The quantitative estimate of drug-likeness (QED) is 0.901. The van der Waals surface area contributed by atoms with Gasteiger partial charge in [0.1, 0.15) is 5.69 Å². The Hall–Kier alpha value is -2.14. The van der Waals surface area contributed by atoms with Crippen LogP contribution in [0.4, 0.5) is 11.5 Å². The number of anilines is 2. The zero-order valence-corrected chi connectivity index (χ0v) is 11.1. The first-order valence-corrected chi connectivity index (χ1v) is 6.20. The molecule has 2 aromatic rings. The van der Waals surface area contributed by atoms with Crippen molar-refractivity contribution in [3.05, 3.63) is 47.4 Å². The lowest BCUT2D eigenvalue weighted by atomic mass is 10.3. The molecule has 2 heterocycles. The van der Waals surface area contributed by atoms with Crippen LogP contribution in [0.1, 0.15) is 17.4 Å². The van der Waals surface area contributed by atoms with Gasteiger partial charge < -0.3 is 10.6 Å². The summed E-state index contributed by atoms with van der Waals surface area (Å²) in [6.07, 6.45) is 3.14. The van der Waals surface area contributed by atoms with Crippen LogP contribution < -0.4 is 10.6 Å². The van der Waals surface area contributed by atoms with Gasteiger partial charge in [-0.2, -0.15) is 0 Å². The van der Waals surface area contributed by atoms with Crippen LogP contribution in [0.2, 0.25) is 5.02 Å². The number of aromatic nitrogens is 2. The summed E-state index contributed by atoms with van der Waals surface area (Å²) in [7, 11) is 0. The fraction of sp³-hybridized carbons (Fsp3) is 0.154. The van der Waals surface area contributed by atoms with Gasteiger partial charge in [0.15, 0.2) is 5.82 Å². The molecule has 19 heavy (non-hydrogen) atoms. The molecule has 0 saturated carbocycles. The first-order valence-electron chi connectivity index (χ1n) is 5.82. The number of pyridine rings is 2. The van der Waals surface area contributed by atoms with Crippen LogP contribution in [0.15, 0.2) is 36.7 Å². The van der Waals surface area contributed by atoms with Crippen LogP contribution in [0, 0.1) is 0 Å². The van der Waals surface area contributed by atoms with Gasteiger partial charge in [0.25, 0.3) is 5.91 Å². The molecule has 5 nitrogen and oxygen atoms in total. The number of hydrogen-bond acceptors (Lipinski definition) is 4. The summed E-state index contributed by atoms with van der Waals surface area (Å²) in [6.45, 7) is 2.75. The molecular formula is C13H13ClN4O. The van der Waals surface area contributed by atoms with Gasteiger partial charge in [-0.05, 0) is 31.2 Å². The van der Waals surface area contributed by atoms with Gasteiger partial charge in [-0.25, -0.2) is 4.98 Å². The Kier molecular flexibility index (Phi) is 4.30. The van der Waals surface area contributed by atoms with Gasteiger partial charge in [-0.15, -0.1) is 0 Å². The number of halogens is 1. The molecule has 6 heteroatoms. The predicted molar refractivity (Wildman–Crippen MR) is 75.6 cm³/mol. The molecule has 0 atom stereocenters. The number of rotatable bonds is 4. The molecule has 98 valence electrons. The third kappa shape index (κ3) is 3.42. The van der Waals surface area contributed by atoms with Crippen molar-refractivity contribution in [1.82, 2.24) is 9.97 Å². The fourth-order valence-corrected chi connectivity index (χ4v) is 1.69. The minimum atomic E-state index is -0.347. The lowest BCUT2D eigenvalue weighted by Crippen LogP contribution is -2.15. The van der Waals surface area contributed by atoms with Crippen LogP contribution in [-0.4, -0.2) is 22.4 Å². The molecule has 0 radical (unpaired) electrons. The molecule has 0 unspecified atom stereocenters. The Morgan fingerprint density at radius 2 is 2.16 bits per heavy atom. The van der Waals surface area contributed by atoms with Crippen molar-refractivity contribution in [2.24, 2.45) is 0 Å². The predicted octanol–water partition coefficient (Wildman–Crippen LogP) is 2.81. The van der Waals surface area contributed by atoms with Gasteiger partial charge >= 0.3 is 0 Å². The van der Waals surface area contributed by atoms with E-state index in [9.17, 15) is 4.79 Å². The summed E-state index contributed by atoms with van der Waals surface area (Å²) in [6, 6.07) is 6.83. The highest BCUT2D eigenvalue weighted by Crippen LogP contribution is 2.18. The maximum absolute atomic E-state index is 12.0. The standard InChI is InChI=1S/C13H13ClN4O/c1-2-15-9-5-7-16-11(8-9)13(19)18-12-10(14)4-3-6-17-12/h3-8H,2H2,1H3,(H,15,16)(H,17,18,19). The monoisotopic (exact) mass is 276 g/mol. The van der Waals surface area contributed by atoms with Crippen LogP contribution in [0.3, 0.4) is 0 Å². The molecule has 1 amide bonds. The summed E-state index contributed by atoms with van der Waals surface area (Å²) >= 11 is 5.93. The summed E-state index contributed by atoms with van der Waals surface area (Å²) in [5.74, 6) is -0.0230. The van der Waals surface area contributed by atoms with Crippen LogP contribution in [0.25, 0.3) is 0 Å². The zero-order valence-electron chi connectivity index (χ0n) is 10.4. The minimum Gasteiger partial charge on any atom is -0.385 e. The van der Waals surface area contributed by atoms with Crippen molar-refractivity contribution < 1.29 is 4.79 Å². The SMILES string of the molecule is CCNc1ccnc(C(=O)Nc2ncccc2Cl)c1. The maximum atomic E-state index is 12.0. The molecule has 2 aromatic heterocycles. The first-order chi connectivity index (χ1) is 9.20. The average molecular weight is 277 g/mol.